The molecule has 4 unspecified atom stereocenters. The number of carbonyl (C=O) groups is 2. The van der Waals surface area contributed by atoms with E-state index in [9.17, 15) is 19.8 Å². The summed E-state index contributed by atoms with van der Waals surface area (Å²) in [6.07, 6.45) is 0. The standard InChI is InChI=1S/C30H20O4/c31-29(32)15-9-11-21-23(13-15)27-19-7-3-1-5-17(19)25(21)26-18-6-2-4-8-20(18)28(27)24-14-16(30(33)34)10-12-22(24)26/h1-14,25-28H,(H,31,32)(H,33,34). The number of carboxylic acid groups (broad SMARTS) is 2. The van der Waals surface area contributed by atoms with E-state index in [1.165, 1.54) is 33.4 Å². The van der Waals surface area contributed by atoms with Gasteiger partial charge >= 0.3 is 11.9 Å². The highest BCUT2D eigenvalue weighted by atomic mass is 16.4. The van der Waals surface area contributed by atoms with E-state index in [0.717, 1.165) is 11.1 Å². The van der Waals surface area contributed by atoms with Crippen molar-refractivity contribution in [3.8, 4) is 0 Å². The van der Waals surface area contributed by atoms with Gasteiger partial charge in [-0.25, -0.2) is 9.59 Å². The molecule has 164 valence electrons. The SMILES string of the molecule is O=C(O)c1ccc2c(c1)C1c3ccccc3C2C2c3ccccc3C1c1cc(C(=O)O)ccc12. The van der Waals surface area contributed by atoms with Gasteiger partial charge in [-0.3, -0.25) is 0 Å². The maximum atomic E-state index is 11.9. The van der Waals surface area contributed by atoms with Crippen molar-refractivity contribution < 1.29 is 19.8 Å². The maximum absolute atomic E-state index is 11.9. The van der Waals surface area contributed by atoms with Gasteiger partial charge in [-0.2, -0.15) is 0 Å². The molecular weight excluding hydrogens is 424 g/mol. The fraction of sp³-hybridized carbons (Fsp3) is 0.133. The molecule has 6 aliphatic carbocycles. The number of hydrogen-bond donors (Lipinski definition) is 2. The average molecular weight is 444 g/mol. The molecule has 2 N–H and O–H groups in total. The number of benzene rings is 4. The van der Waals surface area contributed by atoms with E-state index in [0.29, 0.717) is 0 Å². The predicted octanol–water partition coefficient (Wildman–Crippen LogP) is 5.95. The minimum Gasteiger partial charge on any atom is -0.478 e. The molecule has 4 aromatic rings. The van der Waals surface area contributed by atoms with E-state index in [1.807, 2.05) is 36.4 Å². The lowest BCUT2D eigenvalue weighted by molar-refractivity contribution is 0.0685. The third kappa shape index (κ3) is 2.37. The number of aromatic carboxylic acids is 2. The Morgan fingerprint density at radius 1 is 0.441 bits per heavy atom. The van der Waals surface area contributed by atoms with Crippen molar-refractivity contribution in [1.82, 2.24) is 0 Å². The number of rotatable bonds is 2. The molecule has 0 spiro atoms. The highest BCUT2D eigenvalue weighted by Crippen LogP contribution is 2.63. The zero-order valence-electron chi connectivity index (χ0n) is 18.1. The monoisotopic (exact) mass is 444 g/mol. The van der Waals surface area contributed by atoms with Crippen LogP contribution in [0, 0.1) is 0 Å². The Hall–Kier alpha value is -4.18. The highest BCUT2D eigenvalue weighted by molar-refractivity contribution is 5.89. The molecule has 0 radical (unpaired) electrons. The molecule has 4 bridgehead atoms. The van der Waals surface area contributed by atoms with Crippen molar-refractivity contribution >= 4 is 11.9 Å². The van der Waals surface area contributed by atoms with Crippen LogP contribution in [-0.4, -0.2) is 22.2 Å². The first-order valence-corrected chi connectivity index (χ1v) is 11.5. The third-order valence-electron chi connectivity index (χ3n) is 8.01. The van der Waals surface area contributed by atoms with E-state index < -0.39 is 11.9 Å². The van der Waals surface area contributed by atoms with Crippen LogP contribution in [0.25, 0.3) is 0 Å². The Morgan fingerprint density at radius 3 is 1.06 bits per heavy atom. The zero-order valence-corrected chi connectivity index (χ0v) is 18.1. The molecule has 4 heteroatoms. The van der Waals surface area contributed by atoms with Gasteiger partial charge in [-0.05, 0) is 68.8 Å². The molecule has 34 heavy (non-hydrogen) atoms. The van der Waals surface area contributed by atoms with Crippen molar-refractivity contribution in [2.24, 2.45) is 0 Å². The second kappa shape index (κ2) is 6.67. The van der Waals surface area contributed by atoms with Crippen LogP contribution < -0.4 is 0 Å². The number of hydrogen-bond acceptors (Lipinski definition) is 2. The first-order valence-electron chi connectivity index (χ1n) is 11.5. The lowest BCUT2D eigenvalue weighted by Crippen LogP contribution is -2.36. The Kier molecular flexibility index (Phi) is 3.79. The molecule has 4 nitrogen and oxygen atoms in total. The molecule has 0 aromatic heterocycles. The summed E-state index contributed by atoms with van der Waals surface area (Å²) in [5, 5.41) is 19.5. The smallest absolute Gasteiger partial charge is 0.335 e. The minimum absolute atomic E-state index is 0.0159. The molecule has 0 fully saturated rings. The van der Waals surface area contributed by atoms with E-state index in [2.05, 4.69) is 36.4 Å². The van der Waals surface area contributed by atoms with E-state index >= 15 is 0 Å². The number of carboxylic acids is 2. The first kappa shape index (κ1) is 19.3. The molecule has 0 amide bonds. The molecule has 0 saturated heterocycles. The van der Waals surface area contributed by atoms with Gasteiger partial charge in [0.15, 0.2) is 0 Å². The molecule has 0 saturated carbocycles. The van der Waals surface area contributed by atoms with Gasteiger partial charge in [-0.15, -0.1) is 0 Å². The Bertz CT molecular complexity index is 1430. The van der Waals surface area contributed by atoms with Crippen molar-refractivity contribution in [1.29, 1.82) is 0 Å². The lowest BCUT2D eigenvalue weighted by Gasteiger charge is -2.50. The molecular formula is C30H20O4. The van der Waals surface area contributed by atoms with Crippen molar-refractivity contribution in [2.45, 2.75) is 23.7 Å². The molecule has 0 aliphatic heterocycles. The third-order valence-corrected chi connectivity index (χ3v) is 8.01. The summed E-state index contributed by atoms with van der Waals surface area (Å²) >= 11 is 0. The fourth-order valence-corrected chi connectivity index (χ4v) is 6.78. The van der Waals surface area contributed by atoms with Gasteiger partial charge in [0.05, 0.1) is 11.1 Å². The van der Waals surface area contributed by atoms with Crippen LogP contribution in [0.1, 0.15) is 88.9 Å². The predicted molar refractivity (Wildman–Crippen MR) is 127 cm³/mol. The Morgan fingerprint density at radius 2 is 0.735 bits per heavy atom. The molecule has 4 aromatic carbocycles. The van der Waals surface area contributed by atoms with Crippen molar-refractivity contribution in [3.05, 3.63) is 141 Å². The van der Waals surface area contributed by atoms with Gasteiger partial charge in [0.25, 0.3) is 0 Å². The van der Waals surface area contributed by atoms with Crippen LogP contribution in [-0.2, 0) is 0 Å². The molecule has 4 atom stereocenters. The van der Waals surface area contributed by atoms with Crippen LogP contribution in [0.5, 0.6) is 0 Å². The largest absolute Gasteiger partial charge is 0.478 e. The summed E-state index contributed by atoms with van der Waals surface area (Å²) in [6.45, 7) is 0. The quantitative estimate of drug-likeness (QED) is 0.401. The van der Waals surface area contributed by atoms with Gasteiger partial charge < -0.3 is 10.2 Å². The lowest BCUT2D eigenvalue weighted by atomic mass is 9.53. The van der Waals surface area contributed by atoms with Crippen LogP contribution in [0.4, 0.5) is 0 Å². The molecule has 6 aliphatic rings. The van der Waals surface area contributed by atoms with E-state index in [4.69, 9.17) is 0 Å². The summed E-state index contributed by atoms with van der Waals surface area (Å²) < 4.78 is 0. The average Bonchev–Trinajstić information content (AvgIpc) is 2.84. The van der Waals surface area contributed by atoms with Crippen LogP contribution >= 0.6 is 0 Å². The van der Waals surface area contributed by atoms with Crippen LogP contribution in [0.15, 0.2) is 84.9 Å². The van der Waals surface area contributed by atoms with Crippen molar-refractivity contribution in [3.63, 3.8) is 0 Å². The Labute approximate surface area is 196 Å². The Balaban J connectivity index is 1.63. The second-order valence-corrected chi connectivity index (χ2v) is 9.47. The summed E-state index contributed by atoms with van der Waals surface area (Å²) in [5.74, 6) is -2.05. The van der Waals surface area contributed by atoms with Crippen LogP contribution in [0.3, 0.4) is 0 Å². The summed E-state index contributed by atoms with van der Waals surface area (Å²) in [7, 11) is 0. The fourth-order valence-electron chi connectivity index (χ4n) is 6.78. The minimum atomic E-state index is -0.937. The topological polar surface area (TPSA) is 74.6 Å². The van der Waals surface area contributed by atoms with Crippen molar-refractivity contribution in [2.75, 3.05) is 0 Å². The van der Waals surface area contributed by atoms with Gasteiger partial charge in [-0.1, -0.05) is 60.7 Å². The van der Waals surface area contributed by atoms with Gasteiger partial charge in [0.2, 0.25) is 0 Å². The highest BCUT2D eigenvalue weighted by Gasteiger charge is 2.49. The summed E-state index contributed by atoms with van der Waals surface area (Å²) in [5.41, 5.74) is 9.96. The summed E-state index contributed by atoms with van der Waals surface area (Å²) in [4.78, 5) is 23.8. The molecule has 0 heterocycles. The van der Waals surface area contributed by atoms with Crippen LogP contribution in [0.2, 0.25) is 0 Å². The normalized spacial score (nSPS) is 22.6. The summed E-state index contributed by atoms with van der Waals surface area (Å²) in [6, 6.07) is 28.1. The second-order valence-electron chi connectivity index (χ2n) is 9.47. The van der Waals surface area contributed by atoms with Gasteiger partial charge in [0, 0.05) is 23.7 Å². The zero-order chi connectivity index (χ0) is 23.1. The molecule has 10 rings (SSSR count). The van der Waals surface area contributed by atoms with E-state index in [-0.39, 0.29) is 34.8 Å². The van der Waals surface area contributed by atoms with Gasteiger partial charge in [0.1, 0.15) is 0 Å². The first-order chi connectivity index (χ1) is 16.5. The van der Waals surface area contributed by atoms with E-state index in [1.54, 1.807) is 12.1 Å². The maximum Gasteiger partial charge on any atom is 0.335 e.